The number of aryl methyl sites for hydroxylation is 1. The molecule has 0 radical (unpaired) electrons. The Morgan fingerprint density at radius 2 is 2.29 bits per heavy atom. The standard InChI is InChI=1S/C18H26N2O/c1-2-19-14-15-7-8-16-9-11-20(18(16)13-15)10-3-5-17-6-4-12-21-17/h7-9,11,13,17,19H,2-6,10,12,14H2,1H3. The molecule has 1 aromatic carbocycles. The summed E-state index contributed by atoms with van der Waals surface area (Å²) >= 11 is 0. The van der Waals surface area contributed by atoms with Crippen molar-refractivity contribution in [1.82, 2.24) is 9.88 Å². The molecule has 21 heavy (non-hydrogen) atoms. The predicted octanol–water partition coefficient (Wildman–Crippen LogP) is 3.71. The van der Waals surface area contributed by atoms with Gasteiger partial charge in [0.25, 0.3) is 0 Å². The van der Waals surface area contributed by atoms with E-state index in [0.29, 0.717) is 6.10 Å². The van der Waals surface area contributed by atoms with Gasteiger partial charge in [0.2, 0.25) is 0 Å². The van der Waals surface area contributed by atoms with Gasteiger partial charge in [-0.15, -0.1) is 0 Å². The second kappa shape index (κ2) is 7.10. The van der Waals surface area contributed by atoms with E-state index in [1.54, 1.807) is 0 Å². The molecule has 1 N–H and O–H groups in total. The summed E-state index contributed by atoms with van der Waals surface area (Å²) in [4.78, 5) is 0. The summed E-state index contributed by atoms with van der Waals surface area (Å²) in [6.45, 7) is 6.17. The topological polar surface area (TPSA) is 26.2 Å². The van der Waals surface area contributed by atoms with Crippen LogP contribution in [0.1, 0.15) is 38.2 Å². The Morgan fingerprint density at radius 3 is 3.10 bits per heavy atom. The van der Waals surface area contributed by atoms with Gasteiger partial charge in [-0.2, -0.15) is 0 Å². The van der Waals surface area contributed by atoms with Gasteiger partial charge in [0, 0.05) is 31.4 Å². The number of nitrogens with one attached hydrogen (secondary N) is 1. The van der Waals surface area contributed by atoms with E-state index in [0.717, 1.165) is 26.2 Å². The smallest absolute Gasteiger partial charge is 0.0576 e. The van der Waals surface area contributed by atoms with E-state index in [1.165, 1.54) is 42.1 Å². The van der Waals surface area contributed by atoms with Crippen LogP contribution in [0.25, 0.3) is 10.9 Å². The molecule has 1 saturated heterocycles. The quantitative estimate of drug-likeness (QED) is 0.839. The predicted molar refractivity (Wildman–Crippen MR) is 87.5 cm³/mol. The minimum absolute atomic E-state index is 0.510. The Labute approximate surface area is 127 Å². The molecule has 3 rings (SSSR count). The third-order valence-electron chi connectivity index (χ3n) is 4.37. The fourth-order valence-electron chi connectivity index (χ4n) is 3.17. The lowest BCUT2D eigenvalue weighted by atomic mass is 10.1. The molecule has 1 aliphatic heterocycles. The van der Waals surface area contributed by atoms with Gasteiger partial charge >= 0.3 is 0 Å². The van der Waals surface area contributed by atoms with Crippen molar-refractivity contribution in [2.45, 2.75) is 51.8 Å². The summed E-state index contributed by atoms with van der Waals surface area (Å²) in [5.41, 5.74) is 2.72. The Hall–Kier alpha value is -1.32. The lowest BCUT2D eigenvalue weighted by Crippen LogP contribution is -2.11. The molecule has 1 aliphatic rings. The molecule has 0 bridgehead atoms. The van der Waals surface area contributed by atoms with Gasteiger partial charge in [-0.1, -0.05) is 19.1 Å². The second-order valence-corrected chi connectivity index (χ2v) is 5.96. The second-order valence-electron chi connectivity index (χ2n) is 5.96. The number of rotatable bonds is 7. The van der Waals surface area contributed by atoms with Crippen LogP contribution in [0, 0.1) is 0 Å². The van der Waals surface area contributed by atoms with Crippen LogP contribution in [0.5, 0.6) is 0 Å². The monoisotopic (exact) mass is 286 g/mol. The highest BCUT2D eigenvalue weighted by Crippen LogP contribution is 2.21. The highest BCUT2D eigenvalue weighted by Gasteiger charge is 2.14. The average Bonchev–Trinajstić information content (AvgIpc) is 3.15. The fourth-order valence-corrected chi connectivity index (χ4v) is 3.17. The van der Waals surface area contributed by atoms with Crippen molar-refractivity contribution >= 4 is 10.9 Å². The number of aromatic nitrogens is 1. The van der Waals surface area contributed by atoms with Crippen LogP contribution in [0.3, 0.4) is 0 Å². The molecule has 0 saturated carbocycles. The first-order valence-electron chi connectivity index (χ1n) is 8.27. The van der Waals surface area contributed by atoms with Crippen molar-refractivity contribution in [1.29, 1.82) is 0 Å². The van der Waals surface area contributed by atoms with Crippen molar-refractivity contribution in [2.24, 2.45) is 0 Å². The Bertz CT molecular complexity index is 570. The summed E-state index contributed by atoms with van der Waals surface area (Å²) in [7, 11) is 0. The molecule has 2 aromatic rings. The molecule has 0 aliphatic carbocycles. The number of benzene rings is 1. The van der Waals surface area contributed by atoms with Crippen molar-refractivity contribution in [3.8, 4) is 0 Å². The summed E-state index contributed by atoms with van der Waals surface area (Å²) in [6, 6.07) is 9.00. The number of ether oxygens (including phenoxy) is 1. The van der Waals surface area contributed by atoms with Gasteiger partial charge in [-0.3, -0.25) is 0 Å². The largest absolute Gasteiger partial charge is 0.378 e. The zero-order chi connectivity index (χ0) is 14.5. The number of fused-ring (bicyclic) bond motifs is 1. The fraction of sp³-hybridized carbons (Fsp3) is 0.556. The van der Waals surface area contributed by atoms with Gasteiger partial charge in [0.05, 0.1) is 6.10 Å². The van der Waals surface area contributed by atoms with Crippen molar-refractivity contribution < 1.29 is 4.74 Å². The van der Waals surface area contributed by atoms with Crippen LogP contribution in [-0.2, 0) is 17.8 Å². The average molecular weight is 286 g/mol. The lowest BCUT2D eigenvalue weighted by Gasteiger charge is -2.11. The zero-order valence-electron chi connectivity index (χ0n) is 13.0. The van der Waals surface area contributed by atoms with Crippen LogP contribution < -0.4 is 5.32 Å². The number of hydrogen-bond acceptors (Lipinski definition) is 2. The number of nitrogens with zero attached hydrogens (tertiary/aromatic N) is 1. The summed E-state index contributed by atoms with van der Waals surface area (Å²) in [6.07, 6.45) is 7.61. The van der Waals surface area contributed by atoms with E-state index in [1.807, 2.05) is 0 Å². The van der Waals surface area contributed by atoms with E-state index in [9.17, 15) is 0 Å². The molecule has 1 aromatic heterocycles. The first kappa shape index (κ1) is 14.6. The maximum absolute atomic E-state index is 5.71. The highest BCUT2D eigenvalue weighted by atomic mass is 16.5. The molecule has 2 heterocycles. The van der Waals surface area contributed by atoms with Gasteiger partial charge in [-0.05, 0) is 55.3 Å². The normalized spacial score (nSPS) is 18.6. The van der Waals surface area contributed by atoms with Gasteiger partial charge in [0.15, 0.2) is 0 Å². The van der Waals surface area contributed by atoms with Crippen LogP contribution in [-0.4, -0.2) is 23.8 Å². The first-order chi connectivity index (χ1) is 10.4. The molecular weight excluding hydrogens is 260 g/mol. The minimum Gasteiger partial charge on any atom is -0.378 e. The van der Waals surface area contributed by atoms with Crippen LogP contribution in [0.4, 0.5) is 0 Å². The molecule has 1 atom stereocenters. The molecule has 3 heteroatoms. The van der Waals surface area contributed by atoms with E-state index in [2.05, 4.69) is 47.3 Å². The molecular formula is C18H26N2O. The molecule has 3 nitrogen and oxygen atoms in total. The lowest BCUT2D eigenvalue weighted by molar-refractivity contribution is 0.101. The summed E-state index contributed by atoms with van der Waals surface area (Å²) < 4.78 is 8.09. The zero-order valence-corrected chi connectivity index (χ0v) is 13.0. The molecule has 0 amide bonds. The van der Waals surface area contributed by atoms with Crippen molar-refractivity contribution in [2.75, 3.05) is 13.2 Å². The minimum atomic E-state index is 0.510. The first-order valence-corrected chi connectivity index (χ1v) is 8.27. The third-order valence-corrected chi connectivity index (χ3v) is 4.37. The Kier molecular flexibility index (Phi) is 4.94. The summed E-state index contributed by atoms with van der Waals surface area (Å²) in [5.74, 6) is 0. The van der Waals surface area contributed by atoms with Crippen LogP contribution in [0.15, 0.2) is 30.5 Å². The van der Waals surface area contributed by atoms with Gasteiger partial charge < -0.3 is 14.6 Å². The summed E-state index contributed by atoms with van der Waals surface area (Å²) in [5, 5.41) is 4.74. The van der Waals surface area contributed by atoms with Crippen LogP contribution in [0.2, 0.25) is 0 Å². The molecule has 0 spiro atoms. The Balaban J connectivity index is 1.63. The van der Waals surface area contributed by atoms with Crippen LogP contribution >= 0.6 is 0 Å². The van der Waals surface area contributed by atoms with E-state index < -0.39 is 0 Å². The Morgan fingerprint density at radius 1 is 1.33 bits per heavy atom. The SMILES string of the molecule is CCNCc1ccc2ccn(CCCC3CCCO3)c2c1. The molecule has 1 fully saturated rings. The van der Waals surface area contributed by atoms with E-state index >= 15 is 0 Å². The van der Waals surface area contributed by atoms with Crippen molar-refractivity contribution in [3.05, 3.63) is 36.0 Å². The van der Waals surface area contributed by atoms with E-state index in [-0.39, 0.29) is 0 Å². The maximum atomic E-state index is 5.71. The van der Waals surface area contributed by atoms with E-state index in [4.69, 9.17) is 4.74 Å². The van der Waals surface area contributed by atoms with Gasteiger partial charge in [-0.25, -0.2) is 0 Å². The van der Waals surface area contributed by atoms with Crippen molar-refractivity contribution in [3.63, 3.8) is 0 Å². The van der Waals surface area contributed by atoms with Gasteiger partial charge in [0.1, 0.15) is 0 Å². The molecule has 114 valence electrons. The number of hydrogen-bond donors (Lipinski definition) is 1. The maximum Gasteiger partial charge on any atom is 0.0576 e. The third kappa shape index (κ3) is 3.66. The molecule has 1 unspecified atom stereocenters. The highest BCUT2D eigenvalue weighted by molar-refractivity contribution is 5.80.